The van der Waals surface area contributed by atoms with Crippen molar-refractivity contribution < 1.29 is 37.3 Å². The second-order valence-corrected chi connectivity index (χ2v) is 13.6. The number of aliphatic carboxylic acids is 1. The maximum Gasteiger partial charge on any atom is 0.349 e. The Hall–Kier alpha value is -3.70. The number of benzene rings is 1. The Morgan fingerprint density at radius 1 is 1.36 bits per heavy atom. The first-order valence-corrected chi connectivity index (χ1v) is 15.4. The Kier molecular flexibility index (Phi) is 9.12. The molecule has 2 aliphatic rings. The summed E-state index contributed by atoms with van der Waals surface area (Å²) in [5.41, 5.74) is 11.1. The van der Waals surface area contributed by atoms with Gasteiger partial charge in [-0.15, -0.1) is 11.3 Å². The molecule has 0 amide bonds. The van der Waals surface area contributed by atoms with E-state index >= 15 is 4.39 Å². The highest BCUT2D eigenvalue weighted by atomic mass is 35.5. The van der Waals surface area contributed by atoms with Crippen molar-refractivity contribution in [3.8, 4) is 5.75 Å². The normalized spacial score (nSPS) is 18.9. The van der Waals surface area contributed by atoms with Crippen LogP contribution in [0.25, 0.3) is 5.57 Å². The predicted molar refractivity (Wildman–Crippen MR) is 158 cm³/mol. The molecule has 0 radical (unpaired) electrons. The van der Waals surface area contributed by atoms with E-state index in [4.69, 9.17) is 27.2 Å². The third-order valence-electron chi connectivity index (χ3n) is 6.63. The molecule has 1 aromatic carbocycles. The number of aliphatic imine (C=N–C) groups is 1. The summed E-state index contributed by atoms with van der Waals surface area (Å²) in [6.07, 6.45) is 3.67. The number of hydrogen-bond acceptors (Lipinski definition) is 8. The summed E-state index contributed by atoms with van der Waals surface area (Å²) < 4.78 is 48.6. The van der Waals surface area contributed by atoms with Crippen molar-refractivity contribution in [2.24, 2.45) is 10.9 Å². The van der Waals surface area contributed by atoms with Crippen LogP contribution >= 0.6 is 22.9 Å². The molecule has 1 unspecified atom stereocenters. The van der Waals surface area contributed by atoms with E-state index in [-0.39, 0.29) is 50.0 Å². The number of thiophene rings is 1. The van der Waals surface area contributed by atoms with Crippen LogP contribution in [0.3, 0.4) is 0 Å². The fourth-order valence-electron chi connectivity index (χ4n) is 4.87. The van der Waals surface area contributed by atoms with Crippen LogP contribution in [0.5, 0.6) is 5.75 Å². The number of sulfonamides is 1. The molecule has 0 saturated carbocycles. The predicted octanol–water partition coefficient (Wildman–Crippen LogP) is 5.13. The lowest BCUT2D eigenvalue weighted by molar-refractivity contribution is -0.139. The Balaban J connectivity index is 1.52. The first kappa shape index (κ1) is 31.2. The fraction of sp³-hybridized carbons (Fsp3) is 0.321. The van der Waals surface area contributed by atoms with Crippen LogP contribution in [0.2, 0.25) is 5.02 Å². The van der Waals surface area contributed by atoms with E-state index in [1.807, 2.05) is 13.8 Å². The van der Waals surface area contributed by atoms with Crippen molar-refractivity contribution in [1.29, 1.82) is 0 Å². The van der Waals surface area contributed by atoms with Gasteiger partial charge in [0, 0.05) is 35.6 Å². The van der Waals surface area contributed by atoms with Gasteiger partial charge in [-0.1, -0.05) is 29.5 Å². The number of nitrogens with zero attached hydrogens (tertiary/aromatic N) is 2. The molecule has 4 N–H and O–H groups in total. The van der Waals surface area contributed by atoms with Gasteiger partial charge in [-0.25, -0.2) is 27.4 Å². The number of rotatable bonds is 10. The zero-order chi connectivity index (χ0) is 30.8. The molecule has 42 heavy (non-hydrogen) atoms. The van der Waals surface area contributed by atoms with Crippen LogP contribution in [-0.2, 0) is 20.6 Å². The van der Waals surface area contributed by atoms with E-state index in [1.165, 1.54) is 10.4 Å². The van der Waals surface area contributed by atoms with Crippen molar-refractivity contribution in [3.05, 3.63) is 73.7 Å². The molecule has 1 aliphatic heterocycles. The average molecular weight is 636 g/mol. The number of nitrogens with two attached hydrogens (primary N) is 1. The molecule has 0 spiro atoms. The number of nitrogen functional groups attached to an aromatic ring is 1. The summed E-state index contributed by atoms with van der Waals surface area (Å²) in [7, 11) is -3.65. The maximum absolute atomic E-state index is 15.6. The number of allylic oxidation sites excluding steroid dienone is 3. The minimum Gasteiger partial charge on any atom is -0.479 e. The van der Waals surface area contributed by atoms with E-state index in [1.54, 1.807) is 30.5 Å². The van der Waals surface area contributed by atoms with Gasteiger partial charge in [-0.3, -0.25) is 0 Å². The van der Waals surface area contributed by atoms with E-state index in [0.29, 0.717) is 35.4 Å². The van der Waals surface area contributed by atoms with Crippen molar-refractivity contribution in [3.63, 3.8) is 0 Å². The van der Waals surface area contributed by atoms with Gasteiger partial charge in [0.1, 0.15) is 10.7 Å². The summed E-state index contributed by atoms with van der Waals surface area (Å²) in [5.74, 6) is -4.31. The van der Waals surface area contributed by atoms with Gasteiger partial charge in [0.05, 0.1) is 10.6 Å². The molecular weight excluding hydrogens is 609 g/mol. The number of hydrogen-bond donors (Lipinski definition) is 3. The van der Waals surface area contributed by atoms with E-state index < -0.39 is 39.9 Å². The quantitative estimate of drug-likeness (QED) is 0.184. The van der Waals surface area contributed by atoms with E-state index in [0.717, 1.165) is 0 Å². The topological polar surface area (TPSA) is 160 Å². The van der Waals surface area contributed by atoms with Crippen LogP contribution in [0.1, 0.15) is 46.8 Å². The van der Waals surface area contributed by atoms with Crippen molar-refractivity contribution in [2.45, 2.75) is 38.0 Å². The van der Waals surface area contributed by atoms with Crippen molar-refractivity contribution in [1.82, 2.24) is 4.31 Å². The number of carbonyl (C=O) groups is 2. The molecule has 2 heterocycles. The SMILES string of the molecule is CC1(C)CC(C=NC2=C=C=CC(c3sc(C(=O)O)c(OCC(=O)O)c3Cl)=C2F)CCN1S(=O)(=O)Cc1cccc(N)c1. The second kappa shape index (κ2) is 12.3. The van der Waals surface area contributed by atoms with Crippen LogP contribution in [0.15, 0.2) is 58.3 Å². The van der Waals surface area contributed by atoms with Crippen LogP contribution in [0.4, 0.5) is 10.1 Å². The summed E-state index contributed by atoms with van der Waals surface area (Å²) in [6, 6.07) is 6.75. The lowest BCUT2D eigenvalue weighted by atomic mass is 9.85. The number of carboxylic acid groups (broad SMARTS) is 2. The monoisotopic (exact) mass is 635 g/mol. The molecule has 2 aromatic rings. The third-order valence-corrected chi connectivity index (χ3v) is 10.3. The highest BCUT2D eigenvalue weighted by Gasteiger charge is 2.41. The van der Waals surface area contributed by atoms with Gasteiger partial charge in [0.2, 0.25) is 10.0 Å². The molecule has 1 aliphatic carbocycles. The standard InChI is InChI=1S/C28H27ClFN3O7S2/c1-28(2)12-17(9-10-33(28)42(38,39)15-16-5-3-6-18(31)11-16)13-32-20-8-4-7-19(23(20)30)25-22(29)24(40-14-21(34)35)26(41-25)27(36)37/h3,5-7,11,13,17H,9-10,12,14-15,31H2,1-2H3,(H,34,35)(H,36,37). The smallest absolute Gasteiger partial charge is 0.349 e. The number of carboxylic acids is 2. The fourth-order valence-corrected chi connectivity index (χ4v) is 8.25. The largest absolute Gasteiger partial charge is 0.479 e. The first-order valence-electron chi connectivity index (χ1n) is 12.6. The van der Waals surface area contributed by atoms with Gasteiger partial charge in [0.15, 0.2) is 23.1 Å². The maximum atomic E-state index is 15.6. The molecule has 1 aromatic heterocycles. The molecule has 1 fully saturated rings. The second-order valence-electron chi connectivity index (χ2n) is 10.3. The number of halogens is 2. The molecule has 1 atom stereocenters. The lowest BCUT2D eigenvalue weighted by Gasteiger charge is -2.43. The Bertz CT molecular complexity index is 1720. The Morgan fingerprint density at radius 3 is 2.74 bits per heavy atom. The van der Waals surface area contributed by atoms with Crippen molar-refractivity contribution in [2.75, 3.05) is 18.9 Å². The van der Waals surface area contributed by atoms with Gasteiger partial charge in [0.25, 0.3) is 0 Å². The molecule has 0 bridgehead atoms. The minimum atomic E-state index is -3.65. The average Bonchev–Trinajstić information content (AvgIpc) is 3.22. The van der Waals surface area contributed by atoms with E-state index in [2.05, 4.69) is 16.5 Å². The highest BCUT2D eigenvalue weighted by Crippen LogP contribution is 2.45. The van der Waals surface area contributed by atoms with Crippen LogP contribution in [-0.4, -0.2) is 59.8 Å². The van der Waals surface area contributed by atoms with Crippen LogP contribution < -0.4 is 10.5 Å². The third kappa shape index (κ3) is 6.84. The molecule has 1 saturated heterocycles. The van der Waals surface area contributed by atoms with Gasteiger partial charge in [-0.2, -0.15) is 4.31 Å². The number of aromatic carboxylic acids is 1. The lowest BCUT2D eigenvalue weighted by Crippen LogP contribution is -2.53. The Labute approximate surface area is 250 Å². The first-order chi connectivity index (χ1) is 19.7. The molecule has 222 valence electrons. The van der Waals surface area contributed by atoms with Gasteiger partial charge >= 0.3 is 11.9 Å². The van der Waals surface area contributed by atoms with Gasteiger partial charge < -0.3 is 20.7 Å². The number of anilines is 1. The summed E-state index contributed by atoms with van der Waals surface area (Å²) >= 11 is 6.92. The highest BCUT2D eigenvalue weighted by molar-refractivity contribution is 7.88. The number of piperidine rings is 1. The molecule has 4 rings (SSSR count). The molecule has 14 heteroatoms. The summed E-state index contributed by atoms with van der Waals surface area (Å²) in [4.78, 5) is 26.5. The molecule has 10 nitrogen and oxygen atoms in total. The minimum absolute atomic E-state index is 0.00785. The number of ether oxygens (including phenoxy) is 1. The van der Waals surface area contributed by atoms with Crippen molar-refractivity contribution >= 4 is 62.4 Å². The summed E-state index contributed by atoms with van der Waals surface area (Å²) in [6.45, 7) is 3.07. The summed E-state index contributed by atoms with van der Waals surface area (Å²) in [5, 5.41) is 18.1. The van der Waals surface area contributed by atoms with E-state index in [9.17, 15) is 23.1 Å². The van der Waals surface area contributed by atoms with Gasteiger partial charge in [-0.05, 0) is 56.0 Å². The zero-order valence-electron chi connectivity index (χ0n) is 22.6. The molecular formula is C28H27ClFN3O7S2. The zero-order valence-corrected chi connectivity index (χ0v) is 24.9. The van der Waals surface area contributed by atoms with Crippen LogP contribution in [0, 0.1) is 5.92 Å². The Morgan fingerprint density at radius 2 is 2.10 bits per heavy atom.